The first-order valence-electron chi connectivity index (χ1n) is 16.8. The number of nitrogens with zero attached hydrogens (tertiary/aromatic N) is 1. The van der Waals surface area contributed by atoms with Crippen LogP contribution in [0.3, 0.4) is 0 Å². The Morgan fingerprint density at radius 2 is 1.50 bits per heavy atom. The first-order chi connectivity index (χ1) is 23.7. The van der Waals surface area contributed by atoms with E-state index < -0.39 is 31.6 Å². The Bertz CT molecular complexity index is 2250. The maximum Gasteiger partial charge on any atom is 0.277 e. The molecule has 1 amide bonds. The molecule has 260 valence electrons. The van der Waals surface area contributed by atoms with Crippen LogP contribution in [-0.4, -0.2) is 45.7 Å². The smallest absolute Gasteiger partial charge is 0.277 e. The van der Waals surface area contributed by atoms with Crippen molar-refractivity contribution in [1.82, 2.24) is 9.03 Å². The van der Waals surface area contributed by atoms with Crippen LogP contribution in [0.1, 0.15) is 63.5 Å². The Hall–Kier alpha value is -4.51. The molecular formula is C40H42N2O6S2. The van der Waals surface area contributed by atoms with Crippen molar-refractivity contribution in [3.05, 3.63) is 126 Å². The fourth-order valence-electron chi connectivity index (χ4n) is 6.29. The van der Waals surface area contributed by atoms with Crippen molar-refractivity contribution in [2.45, 2.75) is 67.8 Å². The van der Waals surface area contributed by atoms with E-state index in [1.807, 2.05) is 48.5 Å². The van der Waals surface area contributed by atoms with E-state index in [1.54, 1.807) is 46.8 Å². The van der Waals surface area contributed by atoms with Crippen LogP contribution in [-0.2, 0) is 24.8 Å². The van der Waals surface area contributed by atoms with Crippen LogP contribution in [0.5, 0.6) is 5.75 Å². The van der Waals surface area contributed by atoms with Crippen molar-refractivity contribution in [2.24, 2.45) is 0 Å². The quantitative estimate of drug-likeness (QED) is 0.158. The molecule has 1 unspecified atom stereocenters. The third-order valence-electron chi connectivity index (χ3n) is 9.27. The zero-order chi connectivity index (χ0) is 35.7. The SMILES string of the molecule is CC(C)c1ccc(-c2cccc(S(=O)(=O)N3CCCC(c4cccc(OC(C)(C)C(=O)NS(=O)(=O)c5ccc6ccccc6c5)c4)C3)c2)cc1. The predicted molar refractivity (Wildman–Crippen MR) is 197 cm³/mol. The summed E-state index contributed by atoms with van der Waals surface area (Å²) in [5.74, 6) is -0.128. The summed E-state index contributed by atoms with van der Waals surface area (Å²) in [6, 6.07) is 34.6. The molecule has 6 rings (SSSR count). The van der Waals surface area contributed by atoms with Crippen molar-refractivity contribution in [3.63, 3.8) is 0 Å². The minimum absolute atomic E-state index is 0.0221. The van der Waals surface area contributed by atoms with Crippen molar-refractivity contribution in [2.75, 3.05) is 13.1 Å². The molecule has 0 saturated carbocycles. The number of rotatable bonds is 10. The molecule has 0 spiro atoms. The van der Waals surface area contributed by atoms with Gasteiger partial charge in [0.15, 0.2) is 5.60 Å². The molecule has 1 aliphatic heterocycles. The molecule has 1 atom stereocenters. The number of ether oxygens (including phenoxy) is 1. The van der Waals surface area contributed by atoms with E-state index in [1.165, 1.54) is 31.5 Å². The molecule has 8 nitrogen and oxygen atoms in total. The lowest BCUT2D eigenvalue weighted by Crippen LogP contribution is -2.48. The normalized spacial score (nSPS) is 16.0. The highest BCUT2D eigenvalue weighted by Gasteiger charge is 2.35. The van der Waals surface area contributed by atoms with Gasteiger partial charge in [-0.25, -0.2) is 21.6 Å². The molecule has 0 radical (unpaired) electrons. The van der Waals surface area contributed by atoms with Crippen molar-refractivity contribution in [3.8, 4) is 16.9 Å². The fourth-order valence-corrected chi connectivity index (χ4v) is 9.00. The van der Waals surface area contributed by atoms with Gasteiger partial charge in [0.2, 0.25) is 10.0 Å². The van der Waals surface area contributed by atoms with Crippen LogP contribution in [0, 0.1) is 0 Å². The predicted octanol–water partition coefficient (Wildman–Crippen LogP) is 7.86. The van der Waals surface area contributed by atoms with Gasteiger partial charge in [-0.3, -0.25) is 4.79 Å². The van der Waals surface area contributed by atoms with Crippen molar-refractivity contribution >= 4 is 36.7 Å². The van der Waals surface area contributed by atoms with Crippen LogP contribution in [0.15, 0.2) is 125 Å². The maximum absolute atomic E-state index is 13.9. The Morgan fingerprint density at radius 3 is 2.24 bits per heavy atom. The van der Waals surface area contributed by atoms with E-state index in [0.29, 0.717) is 31.2 Å². The summed E-state index contributed by atoms with van der Waals surface area (Å²) in [6.07, 6.45) is 1.47. The van der Waals surface area contributed by atoms with Gasteiger partial charge in [0, 0.05) is 13.1 Å². The molecule has 1 saturated heterocycles. The van der Waals surface area contributed by atoms with Gasteiger partial charge in [-0.05, 0) is 108 Å². The highest BCUT2D eigenvalue weighted by Crippen LogP contribution is 2.34. The molecule has 0 aromatic heterocycles. The van der Waals surface area contributed by atoms with Crippen LogP contribution >= 0.6 is 0 Å². The molecule has 0 bridgehead atoms. The first-order valence-corrected chi connectivity index (χ1v) is 19.7. The number of nitrogens with one attached hydrogen (secondary N) is 1. The number of carbonyl (C=O) groups is 1. The number of carbonyl (C=O) groups excluding carboxylic acids is 1. The van der Waals surface area contributed by atoms with E-state index in [9.17, 15) is 21.6 Å². The van der Waals surface area contributed by atoms with Crippen molar-refractivity contribution in [1.29, 1.82) is 0 Å². The fraction of sp³-hybridized carbons (Fsp3) is 0.275. The van der Waals surface area contributed by atoms with Crippen molar-refractivity contribution < 1.29 is 26.4 Å². The molecule has 5 aromatic rings. The average Bonchev–Trinajstić information content (AvgIpc) is 3.11. The second-order valence-electron chi connectivity index (χ2n) is 13.6. The van der Waals surface area contributed by atoms with Crippen LogP contribution in [0.2, 0.25) is 0 Å². The highest BCUT2D eigenvalue weighted by atomic mass is 32.2. The van der Waals surface area contributed by atoms with Gasteiger partial charge in [0.1, 0.15) is 5.75 Å². The van der Waals surface area contributed by atoms with E-state index in [0.717, 1.165) is 33.9 Å². The summed E-state index contributed by atoms with van der Waals surface area (Å²) in [6.45, 7) is 8.01. The Balaban J connectivity index is 1.14. The summed E-state index contributed by atoms with van der Waals surface area (Å²) in [4.78, 5) is 13.5. The Kier molecular flexibility index (Phi) is 9.90. The Morgan fingerprint density at radius 1 is 0.780 bits per heavy atom. The molecule has 1 N–H and O–H groups in total. The summed E-state index contributed by atoms with van der Waals surface area (Å²) in [5.41, 5.74) is 2.37. The lowest BCUT2D eigenvalue weighted by atomic mass is 9.91. The third-order valence-corrected chi connectivity index (χ3v) is 12.5. The number of piperidine rings is 1. The number of hydrogen-bond acceptors (Lipinski definition) is 6. The van der Waals surface area contributed by atoms with Gasteiger partial charge < -0.3 is 4.74 Å². The number of sulfonamides is 2. The molecule has 1 fully saturated rings. The van der Waals surface area contributed by atoms with E-state index in [2.05, 4.69) is 30.7 Å². The third kappa shape index (κ3) is 7.62. The molecule has 10 heteroatoms. The molecule has 50 heavy (non-hydrogen) atoms. The van der Waals surface area contributed by atoms with Crippen LogP contribution in [0.25, 0.3) is 21.9 Å². The maximum atomic E-state index is 13.9. The number of benzene rings is 5. The van der Waals surface area contributed by atoms with E-state index in [4.69, 9.17) is 4.74 Å². The molecule has 1 aliphatic rings. The Labute approximate surface area is 295 Å². The monoisotopic (exact) mass is 710 g/mol. The topological polar surface area (TPSA) is 110 Å². The van der Waals surface area contributed by atoms with Crippen LogP contribution in [0.4, 0.5) is 0 Å². The summed E-state index contributed by atoms with van der Waals surface area (Å²) in [5, 5.41) is 1.63. The zero-order valence-corrected chi connectivity index (χ0v) is 30.3. The summed E-state index contributed by atoms with van der Waals surface area (Å²) >= 11 is 0. The van der Waals surface area contributed by atoms with Gasteiger partial charge in [0.25, 0.3) is 15.9 Å². The van der Waals surface area contributed by atoms with Gasteiger partial charge in [-0.2, -0.15) is 4.31 Å². The molecular weight excluding hydrogens is 669 g/mol. The lowest BCUT2D eigenvalue weighted by molar-refractivity contribution is -0.132. The highest BCUT2D eigenvalue weighted by molar-refractivity contribution is 7.90. The van der Waals surface area contributed by atoms with E-state index >= 15 is 0 Å². The van der Waals surface area contributed by atoms with Gasteiger partial charge in [-0.1, -0.05) is 92.7 Å². The number of fused-ring (bicyclic) bond motifs is 1. The standard InChI is InChI=1S/C40H42N2O6S2/c1-28(2)29-17-19-31(20-18-29)34-13-8-16-38(26-34)50(46,47)42-23-9-14-35(27-42)32-12-7-15-36(24-32)48-40(3,4)39(43)41-49(44,45)37-22-21-30-10-5-6-11-33(30)25-37/h5-8,10-13,15-22,24-26,28,35H,9,14,23,27H2,1-4H3,(H,41,43). The minimum atomic E-state index is -4.16. The largest absolute Gasteiger partial charge is 0.478 e. The van der Waals surface area contributed by atoms with Crippen LogP contribution < -0.4 is 9.46 Å². The average molecular weight is 711 g/mol. The molecule has 1 heterocycles. The summed E-state index contributed by atoms with van der Waals surface area (Å²) < 4.78 is 63.9. The van der Waals surface area contributed by atoms with Gasteiger partial charge in [-0.15, -0.1) is 0 Å². The van der Waals surface area contributed by atoms with E-state index in [-0.39, 0.29) is 15.7 Å². The molecule has 0 aliphatic carbocycles. The molecule has 5 aromatic carbocycles. The van der Waals surface area contributed by atoms with Gasteiger partial charge >= 0.3 is 0 Å². The second kappa shape index (κ2) is 14.0. The number of amides is 1. The minimum Gasteiger partial charge on any atom is -0.478 e. The second-order valence-corrected chi connectivity index (χ2v) is 17.3. The first kappa shape index (κ1) is 35.3. The lowest BCUT2D eigenvalue weighted by Gasteiger charge is -2.32. The summed E-state index contributed by atoms with van der Waals surface area (Å²) in [7, 11) is -7.93. The number of hydrogen-bond donors (Lipinski definition) is 1. The zero-order valence-electron chi connectivity index (χ0n) is 28.7. The van der Waals surface area contributed by atoms with Gasteiger partial charge in [0.05, 0.1) is 9.79 Å².